The van der Waals surface area contributed by atoms with Gasteiger partial charge < -0.3 is 20.1 Å². The quantitative estimate of drug-likeness (QED) is 0.913. The highest BCUT2D eigenvalue weighted by Crippen LogP contribution is 2.30. The summed E-state index contributed by atoms with van der Waals surface area (Å²) in [5.74, 6) is 1.30. The van der Waals surface area contributed by atoms with E-state index in [9.17, 15) is 9.90 Å². The molecule has 1 aliphatic heterocycles. The molecular formula is C18H20N2O3. The number of aryl methyl sites for hydroxylation is 1. The fourth-order valence-corrected chi connectivity index (χ4v) is 2.57. The lowest BCUT2D eigenvalue weighted by Gasteiger charge is -2.18. The summed E-state index contributed by atoms with van der Waals surface area (Å²) in [7, 11) is 0. The second-order valence-electron chi connectivity index (χ2n) is 5.73. The predicted octanol–water partition coefficient (Wildman–Crippen LogP) is 3.39. The number of nitrogens with zero attached hydrogens (tertiary/aromatic N) is 1. The van der Waals surface area contributed by atoms with Gasteiger partial charge in [-0.05, 0) is 43.2 Å². The van der Waals surface area contributed by atoms with E-state index >= 15 is 0 Å². The number of aliphatic hydroxyl groups excluding tert-OH is 1. The fourth-order valence-electron chi connectivity index (χ4n) is 2.57. The van der Waals surface area contributed by atoms with E-state index in [4.69, 9.17) is 4.74 Å². The first kappa shape index (κ1) is 15.4. The van der Waals surface area contributed by atoms with Crippen LogP contribution in [0.15, 0.2) is 48.5 Å². The van der Waals surface area contributed by atoms with Crippen molar-refractivity contribution in [3.8, 4) is 11.5 Å². The maximum atomic E-state index is 12.3. The lowest BCUT2D eigenvalue weighted by Crippen LogP contribution is -2.33. The molecule has 2 N–H and O–H groups in total. The Kier molecular flexibility index (Phi) is 4.48. The van der Waals surface area contributed by atoms with Crippen molar-refractivity contribution in [2.24, 2.45) is 0 Å². The average molecular weight is 312 g/mol. The molecule has 1 aliphatic rings. The van der Waals surface area contributed by atoms with Crippen LogP contribution in [0.4, 0.5) is 10.5 Å². The van der Waals surface area contributed by atoms with Crippen molar-refractivity contribution >= 4 is 11.7 Å². The molecule has 120 valence electrons. The Hall–Kier alpha value is -2.53. The summed E-state index contributed by atoms with van der Waals surface area (Å²) in [5, 5.41) is 12.4. The van der Waals surface area contributed by atoms with E-state index in [2.05, 4.69) is 5.32 Å². The van der Waals surface area contributed by atoms with Gasteiger partial charge in [0.05, 0.1) is 11.8 Å². The summed E-state index contributed by atoms with van der Waals surface area (Å²) < 4.78 is 5.87. The number of ether oxygens (including phenoxy) is 1. The van der Waals surface area contributed by atoms with Crippen LogP contribution < -0.4 is 10.1 Å². The van der Waals surface area contributed by atoms with E-state index in [1.54, 1.807) is 4.90 Å². The number of para-hydroxylation sites is 1. The summed E-state index contributed by atoms with van der Waals surface area (Å²) in [5.41, 5.74) is 1.66. The van der Waals surface area contributed by atoms with Crippen molar-refractivity contribution in [1.82, 2.24) is 4.90 Å². The summed E-state index contributed by atoms with van der Waals surface area (Å²) in [6, 6.07) is 14.9. The van der Waals surface area contributed by atoms with Gasteiger partial charge in [0.15, 0.2) is 5.75 Å². The first-order valence-electron chi connectivity index (χ1n) is 7.69. The van der Waals surface area contributed by atoms with Crippen LogP contribution in [0, 0.1) is 6.92 Å². The highest BCUT2D eigenvalue weighted by atomic mass is 16.5. The Labute approximate surface area is 135 Å². The minimum absolute atomic E-state index is 0.218. The number of hydrogen-bond donors (Lipinski definition) is 2. The largest absolute Gasteiger partial charge is 0.455 e. The number of likely N-dealkylation sites (tertiary alicyclic amines) is 1. The number of carbonyl (C=O) groups excluding carboxylic acids is 1. The molecule has 0 bridgehead atoms. The summed E-state index contributed by atoms with van der Waals surface area (Å²) in [6.45, 7) is 2.89. The Bertz CT molecular complexity index is 688. The van der Waals surface area contributed by atoms with Gasteiger partial charge in [0.1, 0.15) is 5.75 Å². The number of rotatable bonds is 3. The van der Waals surface area contributed by atoms with Crippen LogP contribution in [0.2, 0.25) is 0 Å². The molecule has 0 aliphatic carbocycles. The average Bonchev–Trinajstić information content (AvgIpc) is 2.98. The molecule has 0 spiro atoms. The number of anilines is 1. The van der Waals surface area contributed by atoms with Gasteiger partial charge in [-0.3, -0.25) is 0 Å². The zero-order valence-corrected chi connectivity index (χ0v) is 13.0. The highest BCUT2D eigenvalue weighted by Gasteiger charge is 2.25. The zero-order chi connectivity index (χ0) is 16.2. The van der Waals surface area contributed by atoms with Crippen molar-refractivity contribution in [2.75, 3.05) is 18.4 Å². The van der Waals surface area contributed by atoms with Crippen LogP contribution in [-0.2, 0) is 0 Å². The zero-order valence-electron chi connectivity index (χ0n) is 13.0. The molecule has 3 rings (SSSR count). The van der Waals surface area contributed by atoms with Crippen LogP contribution in [0.5, 0.6) is 11.5 Å². The molecule has 0 saturated carbocycles. The Morgan fingerprint density at radius 1 is 1.26 bits per heavy atom. The Morgan fingerprint density at radius 2 is 2.04 bits per heavy atom. The third-order valence-electron chi connectivity index (χ3n) is 3.80. The van der Waals surface area contributed by atoms with Crippen LogP contribution in [-0.4, -0.2) is 35.2 Å². The van der Waals surface area contributed by atoms with Crippen molar-refractivity contribution in [2.45, 2.75) is 19.4 Å². The first-order valence-corrected chi connectivity index (χ1v) is 7.69. The minimum Gasteiger partial charge on any atom is -0.455 e. The minimum atomic E-state index is -0.432. The molecule has 5 nitrogen and oxygen atoms in total. The Balaban J connectivity index is 1.77. The second kappa shape index (κ2) is 6.71. The van der Waals surface area contributed by atoms with Gasteiger partial charge in [0.2, 0.25) is 0 Å². The normalized spacial score (nSPS) is 17.1. The molecular weight excluding hydrogens is 292 g/mol. The van der Waals surface area contributed by atoms with E-state index in [-0.39, 0.29) is 6.03 Å². The molecule has 2 aromatic carbocycles. The molecule has 2 aromatic rings. The van der Waals surface area contributed by atoms with Gasteiger partial charge in [-0.15, -0.1) is 0 Å². The molecule has 1 saturated heterocycles. The molecule has 1 atom stereocenters. The van der Waals surface area contributed by atoms with Gasteiger partial charge in [0.25, 0.3) is 0 Å². The van der Waals surface area contributed by atoms with Gasteiger partial charge >= 0.3 is 6.03 Å². The standard InChI is InChI=1S/C18H20N2O3/c1-13-7-8-17(23-15-5-3-2-4-6-15)16(11-13)19-18(22)20-10-9-14(21)12-20/h2-8,11,14,21H,9-10,12H2,1H3,(H,19,22)/t14-/m0/s1. The first-order chi connectivity index (χ1) is 11.1. The van der Waals surface area contributed by atoms with Crippen LogP contribution in [0.25, 0.3) is 0 Å². The number of amides is 2. The molecule has 0 unspecified atom stereocenters. The van der Waals surface area contributed by atoms with E-state index in [0.717, 1.165) is 5.56 Å². The molecule has 5 heteroatoms. The number of aliphatic hydroxyl groups is 1. The van der Waals surface area contributed by atoms with E-state index in [1.807, 2.05) is 55.5 Å². The van der Waals surface area contributed by atoms with Crippen LogP contribution in [0.1, 0.15) is 12.0 Å². The SMILES string of the molecule is Cc1ccc(Oc2ccccc2)c(NC(=O)N2CC[C@H](O)C2)c1. The second-order valence-corrected chi connectivity index (χ2v) is 5.73. The number of carbonyl (C=O) groups is 1. The van der Waals surface area contributed by atoms with E-state index in [1.165, 1.54) is 0 Å². The van der Waals surface area contributed by atoms with Crippen molar-refractivity contribution in [3.05, 3.63) is 54.1 Å². The number of β-amino-alcohol motifs (C(OH)–C–C–N with tert-alkyl or cyclic N) is 1. The van der Waals surface area contributed by atoms with Gasteiger partial charge in [-0.2, -0.15) is 0 Å². The summed E-state index contributed by atoms with van der Waals surface area (Å²) in [4.78, 5) is 13.9. The third-order valence-corrected chi connectivity index (χ3v) is 3.80. The van der Waals surface area contributed by atoms with E-state index < -0.39 is 6.10 Å². The smallest absolute Gasteiger partial charge is 0.322 e. The van der Waals surface area contributed by atoms with Crippen LogP contribution in [0.3, 0.4) is 0 Å². The lowest BCUT2D eigenvalue weighted by molar-refractivity contribution is 0.176. The maximum absolute atomic E-state index is 12.3. The molecule has 0 aromatic heterocycles. The lowest BCUT2D eigenvalue weighted by atomic mass is 10.2. The third kappa shape index (κ3) is 3.81. The van der Waals surface area contributed by atoms with Crippen molar-refractivity contribution < 1.29 is 14.6 Å². The van der Waals surface area contributed by atoms with Gasteiger partial charge in [0, 0.05) is 13.1 Å². The molecule has 1 fully saturated rings. The molecule has 2 amide bonds. The number of hydrogen-bond acceptors (Lipinski definition) is 3. The summed E-state index contributed by atoms with van der Waals surface area (Å²) in [6.07, 6.45) is 0.188. The Morgan fingerprint density at radius 3 is 2.74 bits per heavy atom. The molecule has 1 heterocycles. The van der Waals surface area contributed by atoms with Crippen LogP contribution >= 0.6 is 0 Å². The number of nitrogens with one attached hydrogen (secondary N) is 1. The van der Waals surface area contributed by atoms with Crippen molar-refractivity contribution in [1.29, 1.82) is 0 Å². The molecule has 0 radical (unpaired) electrons. The maximum Gasteiger partial charge on any atom is 0.322 e. The van der Waals surface area contributed by atoms with Crippen molar-refractivity contribution in [3.63, 3.8) is 0 Å². The predicted molar refractivity (Wildman–Crippen MR) is 88.9 cm³/mol. The molecule has 23 heavy (non-hydrogen) atoms. The highest BCUT2D eigenvalue weighted by molar-refractivity contribution is 5.91. The topological polar surface area (TPSA) is 61.8 Å². The van der Waals surface area contributed by atoms with E-state index in [0.29, 0.717) is 36.7 Å². The monoisotopic (exact) mass is 312 g/mol. The van der Waals surface area contributed by atoms with Gasteiger partial charge in [-0.25, -0.2) is 4.79 Å². The number of benzene rings is 2. The number of urea groups is 1. The summed E-state index contributed by atoms with van der Waals surface area (Å²) >= 11 is 0. The fraction of sp³-hybridized carbons (Fsp3) is 0.278. The van der Waals surface area contributed by atoms with Gasteiger partial charge in [-0.1, -0.05) is 24.3 Å².